The second-order valence-electron chi connectivity index (χ2n) is 4.66. The third-order valence-corrected chi connectivity index (χ3v) is 3.25. The fraction of sp³-hybridized carbons (Fsp3) is 0.188. The van der Waals surface area contributed by atoms with E-state index >= 15 is 0 Å². The molecule has 1 heterocycles. The van der Waals surface area contributed by atoms with Crippen LogP contribution in [0.2, 0.25) is 0 Å². The molecule has 0 fully saturated rings. The average molecular weight is 268 g/mol. The van der Waals surface area contributed by atoms with Crippen molar-refractivity contribution in [2.24, 2.45) is 0 Å². The number of carbonyl (C=O) groups excluding carboxylic acids is 2. The van der Waals surface area contributed by atoms with Crippen LogP contribution >= 0.6 is 0 Å². The number of Topliss-reactive ketones (excluding diaryl/α,β-unsaturated/α-hetero) is 1. The molecule has 2 aromatic rings. The van der Waals surface area contributed by atoms with E-state index < -0.39 is 0 Å². The van der Waals surface area contributed by atoms with Crippen LogP contribution in [0.3, 0.4) is 0 Å². The summed E-state index contributed by atoms with van der Waals surface area (Å²) in [7, 11) is 0. The first-order chi connectivity index (χ1) is 9.50. The second-order valence-corrected chi connectivity index (χ2v) is 4.66. The number of aryl methyl sites for hydroxylation is 1. The highest BCUT2D eigenvalue weighted by atomic mass is 16.2. The first-order valence-electron chi connectivity index (χ1n) is 6.34. The second kappa shape index (κ2) is 5.65. The van der Waals surface area contributed by atoms with Crippen LogP contribution in [0.1, 0.15) is 38.9 Å². The number of carbonyl (C=O) groups is 2. The Hall–Kier alpha value is -2.49. The number of rotatable bonds is 3. The van der Waals surface area contributed by atoms with Gasteiger partial charge in [0, 0.05) is 11.8 Å². The van der Waals surface area contributed by atoms with Crippen molar-refractivity contribution in [2.75, 3.05) is 5.32 Å². The highest BCUT2D eigenvalue weighted by molar-refractivity contribution is 6.09. The van der Waals surface area contributed by atoms with E-state index in [1.54, 1.807) is 30.5 Å². The van der Waals surface area contributed by atoms with Crippen molar-refractivity contribution >= 4 is 17.4 Å². The summed E-state index contributed by atoms with van der Waals surface area (Å²) in [6.45, 7) is 5.31. The molecule has 0 atom stereocenters. The molecular weight excluding hydrogens is 252 g/mol. The molecule has 0 spiro atoms. The molecule has 0 aliphatic heterocycles. The molecule has 0 aliphatic rings. The van der Waals surface area contributed by atoms with E-state index in [2.05, 4.69) is 10.3 Å². The Kier molecular flexibility index (Phi) is 3.94. The van der Waals surface area contributed by atoms with E-state index in [-0.39, 0.29) is 11.7 Å². The Bertz CT molecular complexity index is 664. The molecule has 1 N–H and O–H groups in total. The Balaban J connectivity index is 2.41. The van der Waals surface area contributed by atoms with Gasteiger partial charge in [-0.1, -0.05) is 12.1 Å². The van der Waals surface area contributed by atoms with E-state index in [9.17, 15) is 9.59 Å². The van der Waals surface area contributed by atoms with E-state index in [1.807, 2.05) is 19.9 Å². The molecule has 0 aliphatic carbocycles. The minimum atomic E-state index is -0.318. The van der Waals surface area contributed by atoms with Crippen LogP contribution in [0.25, 0.3) is 0 Å². The fourth-order valence-electron chi connectivity index (χ4n) is 1.94. The van der Waals surface area contributed by atoms with E-state index in [4.69, 9.17) is 0 Å². The minimum Gasteiger partial charge on any atom is -0.320 e. The first kappa shape index (κ1) is 13.9. The molecule has 0 unspecified atom stereocenters. The topological polar surface area (TPSA) is 59.1 Å². The van der Waals surface area contributed by atoms with Crippen molar-refractivity contribution in [1.29, 1.82) is 0 Å². The standard InChI is InChI=1S/C16H16N2O2/c1-10-7-8-13(12(3)19)15(11(10)2)18-16(20)14-6-4-5-9-17-14/h4-9H,1-3H3,(H,18,20). The number of nitrogens with zero attached hydrogens (tertiary/aromatic N) is 1. The monoisotopic (exact) mass is 268 g/mol. The molecule has 0 saturated heterocycles. The lowest BCUT2D eigenvalue weighted by molar-refractivity contribution is 0.101. The number of pyridine rings is 1. The van der Waals surface area contributed by atoms with Gasteiger partial charge in [-0.2, -0.15) is 0 Å². The van der Waals surface area contributed by atoms with E-state index in [1.165, 1.54) is 6.92 Å². The molecule has 0 bridgehead atoms. The van der Waals surface area contributed by atoms with Crippen molar-refractivity contribution < 1.29 is 9.59 Å². The van der Waals surface area contributed by atoms with Gasteiger partial charge in [-0.15, -0.1) is 0 Å². The van der Waals surface area contributed by atoms with Crippen LogP contribution in [-0.4, -0.2) is 16.7 Å². The third kappa shape index (κ3) is 2.74. The number of benzene rings is 1. The summed E-state index contributed by atoms with van der Waals surface area (Å²) in [5, 5.41) is 2.80. The Labute approximate surface area is 117 Å². The molecule has 102 valence electrons. The summed E-state index contributed by atoms with van der Waals surface area (Å²) < 4.78 is 0. The lowest BCUT2D eigenvalue weighted by Gasteiger charge is -2.14. The summed E-state index contributed by atoms with van der Waals surface area (Å²) >= 11 is 0. The summed E-state index contributed by atoms with van der Waals surface area (Å²) in [6, 6.07) is 8.74. The molecule has 20 heavy (non-hydrogen) atoms. The minimum absolute atomic E-state index is 0.0792. The molecular formula is C16H16N2O2. The number of hydrogen-bond acceptors (Lipinski definition) is 3. The normalized spacial score (nSPS) is 10.2. The summed E-state index contributed by atoms with van der Waals surface area (Å²) in [6.07, 6.45) is 1.56. The van der Waals surface area contributed by atoms with Gasteiger partial charge in [-0.25, -0.2) is 0 Å². The Morgan fingerprint density at radius 2 is 1.85 bits per heavy atom. The molecule has 1 aromatic carbocycles. The zero-order chi connectivity index (χ0) is 14.7. The third-order valence-electron chi connectivity index (χ3n) is 3.25. The van der Waals surface area contributed by atoms with Crippen molar-refractivity contribution in [3.8, 4) is 0 Å². The van der Waals surface area contributed by atoms with Crippen LogP contribution in [0.4, 0.5) is 5.69 Å². The first-order valence-corrected chi connectivity index (χ1v) is 6.34. The van der Waals surface area contributed by atoms with Gasteiger partial charge in [0.15, 0.2) is 5.78 Å². The van der Waals surface area contributed by atoms with Gasteiger partial charge in [0.1, 0.15) is 5.69 Å². The van der Waals surface area contributed by atoms with Crippen LogP contribution in [0.5, 0.6) is 0 Å². The van der Waals surface area contributed by atoms with Crippen LogP contribution < -0.4 is 5.32 Å². The van der Waals surface area contributed by atoms with E-state index in [0.29, 0.717) is 16.9 Å². The van der Waals surface area contributed by atoms with Crippen molar-refractivity contribution in [2.45, 2.75) is 20.8 Å². The number of aromatic nitrogens is 1. The lowest BCUT2D eigenvalue weighted by Crippen LogP contribution is -2.17. The van der Waals surface area contributed by atoms with Gasteiger partial charge in [-0.05, 0) is 50.1 Å². The van der Waals surface area contributed by atoms with Gasteiger partial charge in [0.05, 0.1) is 5.69 Å². The van der Waals surface area contributed by atoms with Crippen LogP contribution in [0, 0.1) is 13.8 Å². The molecule has 0 radical (unpaired) electrons. The summed E-state index contributed by atoms with van der Waals surface area (Å²) in [5.74, 6) is -0.397. The van der Waals surface area contributed by atoms with Crippen molar-refractivity contribution in [3.05, 3.63) is 58.9 Å². The number of ketones is 1. The predicted molar refractivity (Wildman–Crippen MR) is 78.1 cm³/mol. The fourth-order valence-corrected chi connectivity index (χ4v) is 1.94. The van der Waals surface area contributed by atoms with Gasteiger partial charge >= 0.3 is 0 Å². The van der Waals surface area contributed by atoms with Gasteiger partial charge < -0.3 is 5.32 Å². The van der Waals surface area contributed by atoms with Crippen molar-refractivity contribution in [3.63, 3.8) is 0 Å². The predicted octanol–water partition coefficient (Wildman–Crippen LogP) is 3.15. The van der Waals surface area contributed by atoms with Crippen molar-refractivity contribution in [1.82, 2.24) is 4.98 Å². The zero-order valence-electron chi connectivity index (χ0n) is 11.7. The van der Waals surface area contributed by atoms with E-state index in [0.717, 1.165) is 11.1 Å². The molecule has 1 amide bonds. The summed E-state index contributed by atoms with van der Waals surface area (Å²) in [5.41, 5.74) is 3.31. The maximum Gasteiger partial charge on any atom is 0.274 e. The van der Waals surface area contributed by atoms with Gasteiger partial charge in [0.2, 0.25) is 0 Å². The molecule has 0 saturated carbocycles. The Morgan fingerprint density at radius 3 is 2.45 bits per heavy atom. The van der Waals surface area contributed by atoms with Gasteiger partial charge in [-0.3, -0.25) is 14.6 Å². The zero-order valence-corrected chi connectivity index (χ0v) is 11.7. The Morgan fingerprint density at radius 1 is 1.10 bits per heavy atom. The number of anilines is 1. The number of hydrogen-bond donors (Lipinski definition) is 1. The smallest absolute Gasteiger partial charge is 0.274 e. The molecule has 2 rings (SSSR count). The van der Waals surface area contributed by atoms with Crippen LogP contribution in [0.15, 0.2) is 36.5 Å². The summed E-state index contributed by atoms with van der Waals surface area (Å²) in [4.78, 5) is 27.9. The number of nitrogens with one attached hydrogen (secondary N) is 1. The quantitative estimate of drug-likeness (QED) is 0.870. The molecule has 4 heteroatoms. The molecule has 1 aromatic heterocycles. The largest absolute Gasteiger partial charge is 0.320 e. The SMILES string of the molecule is CC(=O)c1ccc(C)c(C)c1NC(=O)c1ccccn1. The van der Waals surface area contributed by atoms with Crippen LogP contribution in [-0.2, 0) is 0 Å². The molecule has 4 nitrogen and oxygen atoms in total. The maximum atomic E-state index is 12.2. The lowest BCUT2D eigenvalue weighted by atomic mass is 10.0. The van der Waals surface area contributed by atoms with Gasteiger partial charge in [0.25, 0.3) is 5.91 Å². The highest BCUT2D eigenvalue weighted by Gasteiger charge is 2.15. The number of amides is 1. The average Bonchev–Trinajstić information content (AvgIpc) is 2.44. The highest BCUT2D eigenvalue weighted by Crippen LogP contribution is 2.24. The maximum absolute atomic E-state index is 12.2.